The molecular weight excluding hydrogens is 663 g/mol. The maximum Gasteiger partial charge on any atom is 0.325 e. The van der Waals surface area contributed by atoms with Gasteiger partial charge in [0.25, 0.3) is 5.91 Å². The lowest BCUT2D eigenvalue weighted by molar-refractivity contribution is -0.140. The van der Waals surface area contributed by atoms with Crippen LogP contribution >= 0.6 is 34.8 Å². The van der Waals surface area contributed by atoms with Crippen LogP contribution in [0, 0.1) is 3.57 Å². The third kappa shape index (κ3) is 5.98. The minimum absolute atomic E-state index is 0.198. The fraction of sp³-hybridized carbons (Fsp3) is 0.182. The molecule has 0 aliphatic carbocycles. The molecule has 0 atom stereocenters. The number of rotatable bonds is 9. The first-order valence-corrected chi connectivity index (χ1v) is 14.8. The molecular formula is C33H29IN2O5S. The Morgan fingerprint density at radius 3 is 2.45 bits per heavy atom. The molecule has 214 valence electrons. The first-order valence-electron chi connectivity index (χ1n) is 13.3. The molecule has 0 radical (unpaired) electrons. The molecule has 0 aromatic heterocycles. The Kier molecular flexibility index (Phi) is 9.08. The van der Waals surface area contributed by atoms with Gasteiger partial charge in [0.2, 0.25) is 0 Å². The summed E-state index contributed by atoms with van der Waals surface area (Å²) in [6.45, 7) is 2.23. The van der Waals surface area contributed by atoms with Crippen LogP contribution < -0.4 is 14.4 Å². The van der Waals surface area contributed by atoms with E-state index in [9.17, 15) is 9.59 Å². The standard InChI is InChI=1S/C33H29IN2O5S/c1-4-21-12-14-25(15-13-21)36-32(38)28(35(33(36)42)19-30(37)40-3)17-22-16-27(34)31(29(18-22)39-2)41-20-24-10-7-9-23-8-5-6-11-26(23)24/h5-18H,4,19-20H2,1-3H3/b28-17-. The number of fused-ring (bicyclic) bond motifs is 1. The number of thiocarbonyl (C=S) groups is 1. The van der Waals surface area contributed by atoms with E-state index in [-0.39, 0.29) is 23.3 Å². The zero-order chi connectivity index (χ0) is 29.8. The highest BCUT2D eigenvalue weighted by molar-refractivity contribution is 14.1. The van der Waals surface area contributed by atoms with Gasteiger partial charge in [-0.1, -0.05) is 61.5 Å². The molecule has 5 rings (SSSR count). The van der Waals surface area contributed by atoms with Crippen molar-refractivity contribution in [3.05, 3.63) is 105 Å². The highest BCUT2D eigenvalue weighted by Crippen LogP contribution is 2.37. The van der Waals surface area contributed by atoms with Gasteiger partial charge >= 0.3 is 5.97 Å². The second-order valence-corrected chi connectivity index (χ2v) is 11.1. The largest absolute Gasteiger partial charge is 0.493 e. The summed E-state index contributed by atoms with van der Waals surface area (Å²) in [5.41, 5.74) is 3.78. The van der Waals surface area contributed by atoms with Crippen LogP contribution in [0.25, 0.3) is 16.8 Å². The predicted octanol–water partition coefficient (Wildman–Crippen LogP) is 6.74. The van der Waals surface area contributed by atoms with Crippen LogP contribution in [0.15, 0.2) is 84.6 Å². The van der Waals surface area contributed by atoms with Crippen molar-refractivity contribution in [3.8, 4) is 11.5 Å². The highest BCUT2D eigenvalue weighted by atomic mass is 127. The Bertz CT molecular complexity index is 1700. The minimum atomic E-state index is -0.511. The molecule has 0 saturated carbocycles. The number of esters is 1. The van der Waals surface area contributed by atoms with Gasteiger partial charge in [-0.05, 0) is 99.0 Å². The van der Waals surface area contributed by atoms with Crippen molar-refractivity contribution in [2.75, 3.05) is 25.7 Å². The lowest BCUT2D eigenvalue weighted by atomic mass is 10.1. The number of carbonyl (C=O) groups is 2. The van der Waals surface area contributed by atoms with E-state index in [0.717, 1.165) is 31.9 Å². The van der Waals surface area contributed by atoms with Crippen molar-refractivity contribution in [1.29, 1.82) is 0 Å². The first-order chi connectivity index (χ1) is 20.3. The Morgan fingerprint density at radius 1 is 1.00 bits per heavy atom. The third-order valence-electron chi connectivity index (χ3n) is 7.06. The van der Waals surface area contributed by atoms with Crippen molar-refractivity contribution >= 4 is 74.3 Å². The summed E-state index contributed by atoms with van der Waals surface area (Å²) in [7, 11) is 2.88. The van der Waals surface area contributed by atoms with E-state index < -0.39 is 5.97 Å². The van der Waals surface area contributed by atoms with Crippen LogP contribution in [0.3, 0.4) is 0 Å². The average molecular weight is 693 g/mol. The SMILES string of the molecule is CCc1ccc(N2C(=O)/C(=C/c3cc(I)c(OCc4cccc5ccccc45)c(OC)c3)N(CC(=O)OC)C2=S)cc1. The van der Waals surface area contributed by atoms with Gasteiger partial charge in [-0.25, -0.2) is 0 Å². The minimum Gasteiger partial charge on any atom is -0.493 e. The van der Waals surface area contributed by atoms with Gasteiger partial charge in [0.15, 0.2) is 16.6 Å². The molecule has 1 saturated heterocycles. The van der Waals surface area contributed by atoms with E-state index in [1.165, 1.54) is 16.9 Å². The second kappa shape index (κ2) is 12.9. The number of halogens is 1. The molecule has 1 amide bonds. The van der Waals surface area contributed by atoms with Crippen molar-refractivity contribution in [3.63, 3.8) is 0 Å². The van der Waals surface area contributed by atoms with Gasteiger partial charge in [0, 0.05) is 0 Å². The molecule has 1 fully saturated rings. The van der Waals surface area contributed by atoms with Crippen LogP contribution in [0.5, 0.6) is 11.5 Å². The van der Waals surface area contributed by atoms with E-state index in [1.807, 2.05) is 54.6 Å². The molecule has 0 spiro atoms. The molecule has 0 unspecified atom stereocenters. The summed E-state index contributed by atoms with van der Waals surface area (Å²) in [6, 6.07) is 25.7. The van der Waals surface area contributed by atoms with Gasteiger partial charge in [0.1, 0.15) is 18.8 Å². The Hall–Kier alpha value is -3.96. The van der Waals surface area contributed by atoms with Crippen LogP contribution in [-0.2, 0) is 27.4 Å². The van der Waals surface area contributed by atoms with Gasteiger partial charge < -0.3 is 19.1 Å². The molecule has 0 bridgehead atoms. The fourth-order valence-electron chi connectivity index (χ4n) is 4.82. The summed E-state index contributed by atoms with van der Waals surface area (Å²) < 4.78 is 17.7. The Balaban J connectivity index is 1.47. The normalized spacial score (nSPS) is 14.1. The zero-order valence-electron chi connectivity index (χ0n) is 23.4. The Morgan fingerprint density at radius 2 is 1.74 bits per heavy atom. The molecule has 42 heavy (non-hydrogen) atoms. The van der Waals surface area contributed by atoms with Gasteiger partial charge in [-0.3, -0.25) is 14.5 Å². The number of hydrogen-bond donors (Lipinski definition) is 0. The quantitative estimate of drug-likeness (QED) is 0.0834. The lowest BCUT2D eigenvalue weighted by Crippen LogP contribution is -2.35. The third-order valence-corrected chi connectivity index (χ3v) is 8.26. The molecule has 7 nitrogen and oxygen atoms in total. The lowest BCUT2D eigenvalue weighted by Gasteiger charge is -2.19. The monoisotopic (exact) mass is 692 g/mol. The van der Waals surface area contributed by atoms with Crippen LogP contribution in [0.1, 0.15) is 23.6 Å². The average Bonchev–Trinajstić information content (AvgIpc) is 3.23. The molecule has 9 heteroatoms. The van der Waals surface area contributed by atoms with Gasteiger partial charge in [0.05, 0.1) is 23.5 Å². The number of methoxy groups -OCH3 is 2. The zero-order valence-corrected chi connectivity index (χ0v) is 26.4. The Labute approximate surface area is 263 Å². The van der Waals surface area contributed by atoms with Crippen molar-refractivity contribution in [2.24, 2.45) is 0 Å². The molecule has 1 aliphatic heterocycles. The highest BCUT2D eigenvalue weighted by Gasteiger charge is 2.40. The van der Waals surface area contributed by atoms with Crippen molar-refractivity contribution in [1.82, 2.24) is 4.90 Å². The number of hydrogen-bond acceptors (Lipinski definition) is 6. The summed E-state index contributed by atoms with van der Waals surface area (Å²) >= 11 is 7.89. The van der Waals surface area contributed by atoms with Crippen molar-refractivity contribution in [2.45, 2.75) is 20.0 Å². The number of carbonyl (C=O) groups excluding carboxylic acids is 2. The van der Waals surface area contributed by atoms with Crippen LogP contribution in [0.4, 0.5) is 5.69 Å². The topological polar surface area (TPSA) is 68.3 Å². The molecule has 1 aliphatic rings. The fourth-order valence-corrected chi connectivity index (χ4v) is 5.96. The first kappa shape index (κ1) is 29.5. The maximum absolute atomic E-state index is 13.7. The van der Waals surface area contributed by atoms with Crippen molar-refractivity contribution < 1.29 is 23.8 Å². The van der Waals surface area contributed by atoms with Crippen LogP contribution in [-0.4, -0.2) is 42.7 Å². The summed E-state index contributed by atoms with van der Waals surface area (Å²) in [6.07, 6.45) is 2.58. The summed E-state index contributed by atoms with van der Waals surface area (Å²) in [5.74, 6) is 0.279. The predicted molar refractivity (Wildman–Crippen MR) is 177 cm³/mol. The second-order valence-electron chi connectivity index (χ2n) is 9.60. The van der Waals surface area contributed by atoms with E-state index >= 15 is 0 Å². The van der Waals surface area contributed by atoms with Crippen LogP contribution in [0.2, 0.25) is 0 Å². The summed E-state index contributed by atoms with van der Waals surface area (Å²) in [4.78, 5) is 29.0. The van der Waals surface area contributed by atoms with Gasteiger partial charge in [-0.15, -0.1) is 0 Å². The molecule has 0 N–H and O–H groups in total. The number of aryl methyl sites for hydroxylation is 1. The smallest absolute Gasteiger partial charge is 0.325 e. The number of nitrogens with zero attached hydrogens (tertiary/aromatic N) is 2. The summed E-state index contributed by atoms with van der Waals surface area (Å²) in [5, 5.41) is 2.48. The number of ether oxygens (including phenoxy) is 3. The number of benzene rings is 4. The maximum atomic E-state index is 13.7. The number of anilines is 1. The number of amides is 1. The molecule has 4 aromatic rings. The van der Waals surface area contributed by atoms with Gasteiger partial charge in [-0.2, -0.15) is 0 Å². The molecule has 1 heterocycles. The van der Waals surface area contributed by atoms with E-state index in [2.05, 4.69) is 47.7 Å². The van der Waals surface area contributed by atoms with E-state index in [1.54, 1.807) is 19.3 Å². The van der Waals surface area contributed by atoms with E-state index in [4.69, 9.17) is 26.4 Å². The van der Waals surface area contributed by atoms with E-state index in [0.29, 0.717) is 29.4 Å². The molecule has 4 aromatic carbocycles.